The molecule has 3 aromatic rings. The number of amides is 1. The first-order chi connectivity index (χ1) is 15.1. The third kappa shape index (κ3) is 4.05. The summed E-state index contributed by atoms with van der Waals surface area (Å²) < 4.78 is 5.23. The first-order valence-electron chi connectivity index (χ1n) is 9.97. The molecule has 0 spiro atoms. The summed E-state index contributed by atoms with van der Waals surface area (Å²) in [6.07, 6.45) is 3.83. The number of hydrogen-bond donors (Lipinski definition) is 1. The average molecular weight is 414 g/mol. The van der Waals surface area contributed by atoms with E-state index in [0.29, 0.717) is 29.8 Å². The Bertz CT molecular complexity index is 1130. The zero-order valence-corrected chi connectivity index (χ0v) is 17.1. The van der Waals surface area contributed by atoms with E-state index in [4.69, 9.17) is 4.74 Å². The van der Waals surface area contributed by atoms with Crippen molar-refractivity contribution in [3.63, 3.8) is 0 Å². The molecule has 1 aliphatic rings. The van der Waals surface area contributed by atoms with Crippen molar-refractivity contribution in [2.24, 2.45) is 0 Å². The number of rotatable bonds is 6. The summed E-state index contributed by atoms with van der Waals surface area (Å²) in [6, 6.07) is 19.4. The molecule has 1 saturated heterocycles. The van der Waals surface area contributed by atoms with Crippen molar-refractivity contribution in [2.45, 2.75) is 12.5 Å². The standard InChI is InChI=1S/C25H22N2O4/c1-31-20-11-5-9-18(15-20)23(28)21-22(19-10-6-13-26-16-19)27(25(30)24(21)29)14-12-17-7-3-2-4-8-17/h2-11,13,15-16,22,28H,12,14H2,1H3/b23-21+. The number of methoxy groups -OCH3 is 1. The van der Waals surface area contributed by atoms with Crippen LogP contribution < -0.4 is 4.74 Å². The maximum absolute atomic E-state index is 13.0. The number of ketones is 1. The van der Waals surface area contributed by atoms with Gasteiger partial charge < -0.3 is 14.7 Å². The molecule has 6 nitrogen and oxygen atoms in total. The number of ether oxygens (including phenoxy) is 1. The number of pyridine rings is 1. The SMILES string of the molecule is COc1cccc(/C(O)=C2\C(=O)C(=O)N(CCc3ccccc3)C2c2cccnc2)c1. The summed E-state index contributed by atoms with van der Waals surface area (Å²) in [6.45, 7) is 0.336. The van der Waals surface area contributed by atoms with Crippen LogP contribution in [0.3, 0.4) is 0 Å². The number of aliphatic hydroxyl groups is 1. The molecule has 156 valence electrons. The lowest BCUT2D eigenvalue weighted by atomic mass is 9.96. The fourth-order valence-electron chi connectivity index (χ4n) is 3.82. The quantitative estimate of drug-likeness (QED) is 0.377. The van der Waals surface area contributed by atoms with Crippen molar-refractivity contribution in [3.05, 3.63) is 101 Å². The molecular weight excluding hydrogens is 392 g/mol. The molecule has 2 aromatic carbocycles. The smallest absolute Gasteiger partial charge is 0.295 e. The molecule has 1 aromatic heterocycles. The van der Waals surface area contributed by atoms with Crippen LogP contribution in [-0.4, -0.2) is 40.3 Å². The van der Waals surface area contributed by atoms with E-state index in [2.05, 4.69) is 4.98 Å². The molecular formula is C25H22N2O4. The van der Waals surface area contributed by atoms with Crippen LogP contribution in [0.15, 0.2) is 84.7 Å². The van der Waals surface area contributed by atoms with Crippen molar-refractivity contribution < 1.29 is 19.4 Å². The highest BCUT2D eigenvalue weighted by atomic mass is 16.5. The number of aliphatic hydroxyl groups excluding tert-OH is 1. The molecule has 4 rings (SSSR count). The zero-order chi connectivity index (χ0) is 21.8. The molecule has 0 radical (unpaired) electrons. The van der Waals surface area contributed by atoms with Gasteiger partial charge in [-0.15, -0.1) is 0 Å². The van der Waals surface area contributed by atoms with E-state index in [1.165, 1.54) is 12.0 Å². The summed E-state index contributed by atoms with van der Waals surface area (Å²) in [5.74, 6) is -1.02. The van der Waals surface area contributed by atoms with Gasteiger partial charge >= 0.3 is 0 Å². The van der Waals surface area contributed by atoms with Gasteiger partial charge in [0.2, 0.25) is 0 Å². The first-order valence-corrected chi connectivity index (χ1v) is 9.97. The van der Waals surface area contributed by atoms with Gasteiger partial charge in [0.05, 0.1) is 18.7 Å². The predicted octanol–water partition coefficient (Wildman–Crippen LogP) is 3.75. The molecule has 0 aliphatic carbocycles. The summed E-state index contributed by atoms with van der Waals surface area (Å²) in [7, 11) is 1.53. The van der Waals surface area contributed by atoms with Gasteiger partial charge in [-0.1, -0.05) is 48.5 Å². The lowest BCUT2D eigenvalue weighted by Gasteiger charge is -2.25. The molecule has 1 N–H and O–H groups in total. The number of benzene rings is 2. The molecule has 1 fully saturated rings. The predicted molar refractivity (Wildman–Crippen MR) is 116 cm³/mol. The van der Waals surface area contributed by atoms with E-state index < -0.39 is 17.7 Å². The minimum Gasteiger partial charge on any atom is -0.507 e. The Morgan fingerprint density at radius 1 is 1.06 bits per heavy atom. The molecule has 1 unspecified atom stereocenters. The number of carbonyl (C=O) groups is 2. The summed E-state index contributed by atoms with van der Waals surface area (Å²) in [5.41, 5.74) is 2.19. The van der Waals surface area contributed by atoms with Crippen LogP contribution in [0.2, 0.25) is 0 Å². The minimum absolute atomic E-state index is 0.0549. The first kappa shape index (κ1) is 20.3. The second kappa shape index (κ2) is 8.83. The second-order valence-corrected chi connectivity index (χ2v) is 7.25. The van der Waals surface area contributed by atoms with Crippen LogP contribution in [0.25, 0.3) is 5.76 Å². The van der Waals surface area contributed by atoms with Crippen LogP contribution in [0.4, 0.5) is 0 Å². The maximum Gasteiger partial charge on any atom is 0.295 e. The average Bonchev–Trinajstić information content (AvgIpc) is 3.08. The molecule has 0 bridgehead atoms. The topological polar surface area (TPSA) is 79.7 Å². The highest BCUT2D eigenvalue weighted by Gasteiger charge is 2.45. The van der Waals surface area contributed by atoms with E-state index in [9.17, 15) is 14.7 Å². The summed E-state index contributed by atoms with van der Waals surface area (Å²) in [4.78, 5) is 31.6. The molecule has 31 heavy (non-hydrogen) atoms. The number of likely N-dealkylation sites (tertiary alicyclic amines) is 1. The molecule has 1 atom stereocenters. The molecule has 1 aliphatic heterocycles. The Balaban J connectivity index is 1.78. The Hall–Kier alpha value is -3.93. The van der Waals surface area contributed by atoms with Crippen LogP contribution in [0.5, 0.6) is 5.75 Å². The van der Waals surface area contributed by atoms with Crippen LogP contribution >= 0.6 is 0 Å². The lowest BCUT2D eigenvalue weighted by Crippen LogP contribution is -2.31. The van der Waals surface area contributed by atoms with Crippen LogP contribution in [0.1, 0.15) is 22.7 Å². The highest BCUT2D eigenvalue weighted by molar-refractivity contribution is 6.46. The third-order valence-electron chi connectivity index (χ3n) is 5.37. The van der Waals surface area contributed by atoms with Gasteiger partial charge in [-0.2, -0.15) is 0 Å². The molecule has 0 saturated carbocycles. The van der Waals surface area contributed by atoms with Gasteiger partial charge in [-0.3, -0.25) is 14.6 Å². The fourth-order valence-corrected chi connectivity index (χ4v) is 3.82. The highest BCUT2D eigenvalue weighted by Crippen LogP contribution is 2.39. The number of hydrogen-bond acceptors (Lipinski definition) is 5. The van der Waals surface area contributed by atoms with Gasteiger partial charge in [0.1, 0.15) is 11.5 Å². The Labute approximate surface area is 180 Å². The van der Waals surface area contributed by atoms with Gasteiger partial charge in [0.25, 0.3) is 11.7 Å². The van der Waals surface area contributed by atoms with Gasteiger partial charge in [-0.05, 0) is 35.7 Å². The van der Waals surface area contributed by atoms with E-state index in [1.54, 1.807) is 48.8 Å². The molecule has 6 heteroatoms. The van der Waals surface area contributed by atoms with Crippen molar-refractivity contribution in [1.82, 2.24) is 9.88 Å². The molecule has 2 heterocycles. The van der Waals surface area contributed by atoms with Crippen molar-refractivity contribution >= 4 is 17.4 Å². The number of Topliss-reactive ketones (excluding diaryl/α,β-unsaturated/α-hetero) is 1. The Morgan fingerprint density at radius 3 is 2.58 bits per heavy atom. The molecule has 1 amide bonds. The number of carbonyl (C=O) groups excluding carboxylic acids is 2. The minimum atomic E-state index is -0.719. The van der Waals surface area contributed by atoms with E-state index >= 15 is 0 Å². The monoisotopic (exact) mass is 414 g/mol. The maximum atomic E-state index is 13.0. The van der Waals surface area contributed by atoms with Gasteiger partial charge in [0.15, 0.2) is 0 Å². The largest absolute Gasteiger partial charge is 0.507 e. The van der Waals surface area contributed by atoms with Crippen LogP contribution in [0, 0.1) is 0 Å². The Kier molecular flexibility index (Phi) is 5.80. The van der Waals surface area contributed by atoms with Gasteiger partial charge in [0, 0.05) is 24.5 Å². The fraction of sp³-hybridized carbons (Fsp3) is 0.160. The van der Waals surface area contributed by atoms with Crippen molar-refractivity contribution in [3.8, 4) is 5.75 Å². The van der Waals surface area contributed by atoms with Gasteiger partial charge in [-0.25, -0.2) is 0 Å². The van der Waals surface area contributed by atoms with E-state index in [0.717, 1.165) is 5.56 Å². The van der Waals surface area contributed by atoms with Crippen molar-refractivity contribution in [2.75, 3.05) is 13.7 Å². The van der Waals surface area contributed by atoms with Crippen LogP contribution in [-0.2, 0) is 16.0 Å². The Morgan fingerprint density at radius 2 is 1.87 bits per heavy atom. The second-order valence-electron chi connectivity index (χ2n) is 7.25. The summed E-state index contributed by atoms with van der Waals surface area (Å²) in [5, 5.41) is 11.1. The summed E-state index contributed by atoms with van der Waals surface area (Å²) >= 11 is 0. The lowest BCUT2D eigenvalue weighted by molar-refractivity contribution is -0.139. The third-order valence-corrected chi connectivity index (χ3v) is 5.37. The number of aromatic nitrogens is 1. The number of nitrogens with zero attached hydrogens (tertiary/aromatic N) is 2. The van der Waals surface area contributed by atoms with Crippen molar-refractivity contribution in [1.29, 1.82) is 0 Å². The normalized spacial score (nSPS) is 17.7. The van der Waals surface area contributed by atoms with E-state index in [-0.39, 0.29) is 11.3 Å². The zero-order valence-electron chi connectivity index (χ0n) is 17.1. The van der Waals surface area contributed by atoms with E-state index in [1.807, 2.05) is 30.3 Å².